The molecule has 0 spiro atoms. The minimum absolute atomic E-state index is 0.0463. The van der Waals surface area contributed by atoms with E-state index in [0.717, 1.165) is 34.0 Å². The number of nitrogens with zero attached hydrogens (tertiary/aromatic N) is 1. The van der Waals surface area contributed by atoms with Crippen LogP contribution in [0.5, 0.6) is 11.5 Å². The SMILES string of the molecule is CCOc1cc(OC)ccc1C1=NC(c2ccc(Cl)cc2)C(c2ccc(Cl)cc2)N1. The Morgan fingerprint density at radius 3 is 2.13 bits per heavy atom. The van der Waals surface area contributed by atoms with Crippen LogP contribution >= 0.6 is 23.2 Å². The number of rotatable bonds is 6. The Labute approximate surface area is 186 Å². The lowest BCUT2D eigenvalue weighted by Gasteiger charge is -2.20. The first kappa shape index (κ1) is 20.6. The molecule has 6 heteroatoms. The molecule has 2 atom stereocenters. The number of halogens is 2. The molecular formula is C24H22Cl2N2O2. The maximum absolute atomic E-state index is 6.11. The molecule has 0 bridgehead atoms. The third kappa shape index (κ3) is 4.25. The minimum atomic E-state index is -0.116. The highest BCUT2D eigenvalue weighted by Crippen LogP contribution is 2.39. The molecule has 2 unspecified atom stereocenters. The van der Waals surface area contributed by atoms with Gasteiger partial charge in [0, 0.05) is 16.1 Å². The summed E-state index contributed by atoms with van der Waals surface area (Å²) in [5, 5.41) is 5.00. The van der Waals surface area contributed by atoms with Crippen molar-refractivity contribution in [3.63, 3.8) is 0 Å². The van der Waals surface area contributed by atoms with Gasteiger partial charge in [0.2, 0.25) is 0 Å². The Balaban J connectivity index is 1.76. The van der Waals surface area contributed by atoms with Gasteiger partial charge in [0.05, 0.1) is 25.3 Å². The van der Waals surface area contributed by atoms with Crippen LogP contribution in [-0.2, 0) is 0 Å². The molecule has 1 heterocycles. The van der Waals surface area contributed by atoms with E-state index >= 15 is 0 Å². The summed E-state index contributed by atoms with van der Waals surface area (Å²) in [5.41, 5.74) is 3.07. The molecule has 0 fully saturated rings. The lowest BCUT2D eigenvalue weighted by Crippen LogP contribution is -2.25. The number of aliphatic imine (C=N–C) groups is 1. The second-order valence-electron chi connectivity index (χ2n) is 6.94. The third-order valence-corrected chi connectivity index (χ3v) is 5.56. The number of hydrogen-bond acceptors (Lipinski definition) is 4. The van der Waals surface area contributed by atoms with Crippen molar-refractivity contribution < 1.29 is 9.47 Å². The maximum atomic E-state index is 6.11. The number of benzene rings is 3. The first-order valence-corrected chi connectivity index (χ1v) is 10.5. The molecule has 3 aromatic rings. The van der Waals surface area contributed by atoms with Crippen LogP contribution in [0.2, 0.25) is 10.0 Å². The smallest absolute Gasteiger partial charge is 0.133 e. The second kappa shape index (κ2) is 8.99. The van der Waals surface area contributed by atoms with Gasteiger partial charge >= 0.3 is 0 Å². The Bertz CT molecular complexity index is 1050. The van der Waals surface area contributed by atoms with Crippen LogP contribution in [0.1, 0.15) is 35.7 Å². The first-order valence-electron chi connectivity index (χ1n) is 9.75. The minimum Gasteiger partial charge on any atom is -0.497 e. The van der Waals surface area contributed by atoms with Crippen molar-refractivity contribution in [3.05, 3.63) is 93.5 Å². The Kier molecular flexibility index (Phi) is 6.16. The summed E-state index contributed by atoms with van der Waals surface area (Å²) in [4.78, 5) is 5.05. The molecule has 0 aliphatic carbocycles. The van der Waals surface area contributed by atoms with Crippen LogP contribution in [0.4, 0.5) is 0 Å². The highest BCUT2D eigenvalue weighted by molar-refractivity contribution is 6.30. The lowest BCUT2D eigenvalue weighted by atomic mass is 9.95. The molecule has 4 nitrogen and oxygen atoms in total. The van der Waals surface area contributed by atoms with Gasteiger partial charge in [-0.05, 0) is 54.4 Å². The first-order chi connectivity index (χ1) is 14.6. The molecule has 4 rings (SSSR count). The van der Waals surface area contributed by atoms with Crippen LogP contribution in [0.3, 0.4) is 0 Å². The third-order valence-electron chi connectivity index (χ3n) is 5.06. The summed E-state index contributed by atoms with van der Waals surface area (Å²) in [6, 6.07) is 21.3. The molecule has 0 radical (unpaired) electrons. The molecule has 1 aliphatic rings. The lowest BCUT2D eigenvalue weighted by molar-refractivity contribution is 0.335. The van der Waals surface area contributed by atoms with Gasteiger partial charge in [-0.15, -0.1) is 0 Å². The van der Waals surface area contributed by atoms with E-state index in [2.05, 4.69) is 5.32 Å². The Hall–Kier alpha value is -2.69. The molecule has 1 N–H and O–H groups in total. The average molecular weight is 441 g/mol. The van der Waals surface area contributed by atoms with E-state index in [4.69, 9.17) is 37.7 Å². The summed E-state index contributed by atoms with van der Waals surface area (Å²) in [6.07, 6.45) is 0. The molecule has 0 saturated carbocycles. The van der Waals surface area contributed by atoms with Crippen LogP contribution in [-0.4, -0.2) is 19.6 Å². The zero-order chi connectivity index (χ0) is 21.1. The fourth-order valence-corrected chi connectivity index (χ4v) is 3.84. The van der Waals surface area contributed by atoms with Crippen molar-refractivity contribution in [1.29, 1.82) is 0 Å². The van der Waals surface area contributed by atoms with Crippen LogP contribution < -0.4 is 14.8 Å². The van der Waals surface area contributed by atoms with Gasteiger partial charge in [0.1, 0.15) is 23.4 Å². The maximum Gasteiger partial charge on any atom is 0.133 e. The van der Waals surface area contributed by atoms with E-state index in [0.29, 0.717) is 16.7 Å². The highest BCUT2D eigenvalue weighted by atomic mass is 35.5. The molecular weight excluding hydrogens is 419 g/mol. The molecule has 154 valence electrons. The Morgan fingerprint density at radius 2 is 1.53 bits per heavy atom. The van der Waals surface area contributed by atoms with E-state index < -0.39 is 0 Å². The van der Waals surface area contributed by atoms with E-state index in [9.17, 15) is 0 Å². The topological polar surface area (TPSA) is 42.9 Å². The highest BCUT2D eigenvalue weighted by Gasteiger charge is 2.33. The van der Waals surface area contributed by atoms with Crippen LogP contribution in [0.25, 0.3) is 0 Å². The van der Waals surface area contributed by atoms with Crippen molar-refractivity contribution in [3.8, 4) is 11.5 Å². The summed E-state index contributed by atoms with van der Waals surface area (Å²) < 4.78 is 11.2. The van der Waals surface area contributed by atoms with E-state index in [1.165, 1.54) is 0 Å². The summed E-state index contributed by atoms with van der Waals surface area (Å²) in [7, 11) is 1.64. The predicted octanol–water partition coefficient (Wildman–Crippen LogP) is 6.23. The van der Waals surface area contributed by atoms with Crippen molar-refractivity contribution in [2.45, 2.75) is 19.0 Å². The second-order valence-corrected chi connectivity index (χ2v) is 7.82. The summed E-state index contributed by atoms with van der Waals surface area (Å²) in [6.45, 7) is 2.51. The van der Waals surface area contributed by atoms with Crippen LogP contribution in [0.15, 0.2) is 71.7 Å². The van der Waals surface area contributed by atoms with Crippen molar-refractivity contribution >= 4 is 29.0 Å². The van der Waals surface area contributed by atoms with Gasteiger partial charge < -0.3 is 14.8 Å². The van der Waals surface area contributed by atoms with E-state index in [-0.39, 0.29) is 12.1 Å². The fourth-order valence-electron chi connectivity index (χ4n) is 3.59. The van der Waals surface area contributed by atoms with E-state index in [1.54, 1.807) is 7.11 Å². The van der Waals surface area contributed by atoms with Gasteiger partial charge in [-0.2, -0.15) is 0 Å². The molecule has 0 amide bonds. The number of ether oxygens (including phenoxy) is 2. The number of amidine groups is 1. The van der Waals surface area contributed by atoms with E-state index in [1.807, 2.05) is 73.7 Å². The standard InChI is InChI=1S/C24H22Cl2N2O2/c1-3-30-21-14-19(29-2)12-13-20(21)24-27-22(15-4-8-17(25)9-5-15)23(28-24)16-6-10-18(26)11-7-16/h4-14,22-23H,3H2,1-2H3,(H,27,28). The van der Waals surface area contributed by atoms with Gasteiger partial charge in [-0.25, -0.2) is 0 Å². The van der Waals surface area contributed by atoms with Gasteiger partial charge in [-0.3, -0.25) is 4.99 Å². The number of hydrogen-bond donors (Lipinski definition) is 1. The van der Waals surface area contributed by atoms with Crippen LogP contribution in [0, 0.1) is 0 Å². The summed E-state index contributed by atoms with van der Waals surface area (Å²) in [5.74, 6) is 2.25. The quantitative estimate of drug-likeness (QED) is 0.493. The van der Waals surface area contributed by atoms with Gasteiger partial charge in [0.15, 0.2) is 0 Å². The van der Waals surface area contributed by atoms with Crippen molar-refractivity contribution in [2.24, 2.45) is 4.99 Å². The van der Waals surface area contributed by atoms with Gasteiger partial charge in [0.25, 0.3) is 0 Å². The molecule has 3 aromatic carbocycles. The normalized spacial score (nSPS) is 17.9. The number of nitrogens with one attached hydrogen (secondary N) is 1. The fraction of sp³-hybridized carbons (Fsp3) is 0.208. The van der Waals surface area contributed by atoms with Crippen molar-refractivity contribution in [1.82, 2.24) is 5.32 Å². The van der Waals surface area contributed by atoms with Crippen molar-refractivity contribution in [2.75, 3.05) is 13.7 Å². The zero-order valence-electron chi connectivity index (χ0n) is 16.7. The largest absolute Gasteiger partial charge is 0.497 e. The monoisotopic (exact) mass is 440 g/mol. The molecule has 30 heavy (non-hydrogen) atoms. The predicted molar refractivity (Wildman–Crippen MR) is 122 cm³/mol. The summed E-state index contributed by atoms with van der Waals surface area (Å²) >= 11 is 12.2. The zero-order valence-corrected chi connectivity index (χ0v) is 18.2. The molecule has 0 saturated heterocycles. The molecule has 1 aliphatic heterocycles. The number of methoxy groups -OCH3 is 1. The molecule has 0 aromatic heterocycles. The average Bonchev–Trinajstić information content (AvgIpc) is 3.20. The van der Waals surface area contributed by atoms with Gasteiger partial charge in [-0.1, -0.05) is 47.5 Å². The Morgan fingerprint density at radius 1 is 0.900 bits per heavy atom.